The number of aliphatic carboxylic acids is 1. The van der Waals surface area contributed by atoms with Crippen molar-refractivity contribution < 1.29 is 18.3 Å². The Labute approximate surface area is 111 Å². The van der Waals surface area contributed by atoms with Crippen LogP contribution in [0.15, 0.2) is 24.3 Å². The molecule has 0 unspecified atom stereocenters. The molecule has 0 aliphatic rings. The predicted octanol–water partition coefficient (Wildman–Crippen LogP) is 1.31. The van der Waals surface area contributed by atoms with Crippen LogP contribution in [0.25, 0.3) is 0 Å². The van der Waals surface area contributed by atoms with E-state index in [0.29, 0.717) is 11.3 Å². The van der Waals surface area contributed by atoms with Crippen LogP contribution in [-0.2, 0) is 20.2 Å². The zero-order valence-corrected chi connectivity index (χ0v) is 11.4. The molecule has 1 rings (SSSR count). The van der Waals surface area contributed by atoms with Crippen LogP contribution in [-0.4, -0.2) is 25.2 Å². The molecule has 0 heterocycles. The molecule has 1 aromatic rings. The number of benzene rings is 1. The number of rotatable bonds is 5. The first-order valence-electron chi connectivity index (χ1n) is 5.40. The smallest absolute Gasteiger partial charge is 0.313 e. The Hall–Kier alpha value is -2.07. The van der Waals surface area contributed by atoms with Crippen molar-refractivity contribution in [3.8, 4) is 6.07 Å². The molecule has 1 aromatic carbocycles. The molecule has 0 bridgehead atoms. The zero-order chi connectivity index (χ0) is 14.7. The van der Waals surface area contributed by atoms with E-state index in [9.17, 15) is 13.2 Å². The second-order valence-electron chi connectivity index (χ2n) is 4.53. The lowest BCUT2D eigenvalue weighted by Gasteiger charge is -2.19. The number of carbonyl (C=O) groups is 1. The Bertz CT molecular complexity index is 612. The Morgan fingerprint density at radius 3 is 2.32 bits per heavy atom. The number of nitriles is 1. The van der Waals surface area contributed by atoms with Gasteiger partial charge in [-0.1, -0.05) is 12.1 Å². The molecule has 0 saturated carbocycles. The van der Waals surface area contributed by atoms with Gasteiger partial charge in [0.25, 0.3) is 0 Å². The van der Waals surface area contributed by atoms with E-state index >= 15 is 0 Å². The van der Waals surface area contributed by atoms with Gasteiger partial charge >= 0.3 is 5.97 Å². The lowest BCUT2D eigenvalue weighted by Crippen LogP contribution is -2.28. The quantitative estimate of drug-likeness (QED) is 0.846. The minimum Gasteiger partial charge on any atom is -0.481 e. The van der Waals surface area contributed by atoms with Crippen molar-refractivity contribution in [2.24, 2.45) is 0 Å². The summed E-state index contributed by atoms with van der Waals surface area (Å²) in [6.45, 7) is 3.12. The molecule has 0 fully saturated rings. The first kappa shape index (κ1) is 15.0. The number of hydrogen-bond donors (Lipinski definition) is 2. The Balaban J connectivity index is 2.96. The van der Waals surface area contributed by atoms with Crippen molar-refractivity contribution in [3.05, 3.63) is 29.8 Å². The van der Waals surface area contributed by atoms with E-state index in [1.165, 1.54) is 12.1 Å². The van der Waals surface area contributed by atoms with Crippen molar-refractivity contribution in [2.75, 3.05) is 10.5 Å². The highest BCUT2D eigenvalue weighted by Crippen LogP contribution is 2.25. The van der Waals surface area contributed by atoms with Gasteiger partial charge in [0.05, 0.1) is 11.5 Å². The van der Waals surface area contributed by atoms with E-state index in [1.807, 2.05) is 0 Å². The summed E-state index contributed by atoms with van der Waals surface area (Å²) < 4.78 is 25.0. The second kappa shape index (κ2) is 5.28. The molecule has 102 valence electrons. The summed E-state index contributed by atoms with van der Waals surface area (Å²) in [5.41, 5.74) is -0.201. The number of hydrogen-bond acceptors (Lipinski definition) is 4. The maximum atomic E-state index is 11.4. The normalized spacial score (nSPS) is 11.6. The average molecular weight is 282 g/mol. The maximum Gasteiger partial charge on any atom is 0.313 e. The number of carboxylic acid groups (broad SMARTS) is 1. The average Bonchev–Trinajstić information content (AvgIpc) is 2.28. The highest BCUT2D eigenvalue weighted by Gasteiger charge is 2.29. The van der Waals surface area contributed by atoms with Gasteiger partial charge in [0.1, 0.15) is 0 Å². The number of nitrogens with one attached hydrogen (secondary N) is 1. The predicted molar refractivity (Wildman–Crippen MR) is 70.1 cm³/mol. The highest BCUT2D eigenvalue weighted by molar-refractivity contribution is 7.92. The number of nitrogens with zero attached hydrogens (tertiary/aromatic N) is 1. The molecule has 19 heavy (non-hydrogen) atoms. The minimum absolute atomic E-state index is 0.292. The molecule has 0 aliphatic heterocycles. The van der Waals surface area contributed by atoms with E-state index in [1.54, 1.807) is 32.0 Å². The van der Waals surface area contributed by atoms with Crippen LogP contribution in [0.1, 0.15) is 19.4 Å². The number of sulfonamides is 1. The van der Waals surface area contributed by atoms with Crippen LogP contribution in [0.4, 0.5) is 5.69 Å². The summed E-state index contributed by atoms with van der Waals surface area (Å²) in [4.78, 5) is 11.1. The fourth-order valence-corrected chi connectivity index (χ4v) is 2.12. The van der Waals surface area contributed by atoms with E-state index in [0.717, 1.165) is 0 Å². The summed E-state index contributed by atoms with van der Waals surface area (Å²) in [6.07, 6.45) is 0. The van der Waals surface area contributed by atoms with Crippen molar-refractivity contribution in [2.45, 2.75) is 19.3 Å². The lowest BCUT2D eigenvalue weighted by molar-refractivity contribution is -0.142. The third kappa shape index (κ3) is 3.69. The summed E-state index contributed by atoms with van der Waals surface area (Å²) in [7, 11) is -3.68. The van der Waals surface area contributed by atoms with Crippen LogP contribution in [0.5, 0.6) is 0 Å². The molecule has 0 aliphatic carbocycles. The second-order valence-corrected chi connectivity index (χ2v) is 6.25. The summed E-state index contributed by atoms with van der Waals surface area (Å²) >= 11 is 0. The number of anilines is 1. The number of carboxylic acids is 1. The summed E-state index contributed by atoms with van der Waals surface area (Å²) in [6, 6.07) is 7.57. The molecule has 0 amide bonds. The van der Waals surface area contributed by atoms with Gasteiger partial charge in [-0.05, 0) is 31.5 Å². The molecule has 7 heteroatoms. The Morgan fingerprint density at radius 1 is 1.37 bits per heavy atom. The SMILES string of the molecule is CC(C)(C(=O)O)c1ccc(NS(=O)(=O)CC#N)cc1. The summed E-state index contributed by atoms with van der Waals surface area (Å²) in [5, 5.41) is 17.4. The zero-order valence-electron chi connectivity index (χ0n) is 10.5. The van der Waals surface area contributed by atoms with Crippen LogP contribution in [0, 0.1) is 11.3 Å². The highest BCUT2D eigenvalue weighted by atomic mass is 32.2. The molecule has 6 nitrogen and oxygen atoms in total. The fraction of sp³-hybridized carbons (Fsp3) is 0.333. The van der Waals surface area contributed by atoms with E-state index in [2.05, 4.69) is 4.72 Å². The first-order valence-corrected chi connectivity index (χ1v) is 7.05. The van der Waals surface area contributed by atoms with Gasteiger partial charge in [-0.15, -0.1) is 0 Å². The molecular formula is C12H14N2O4S. The van der Waals surface area contributed by atoms with Crippen LogP contribution >= 0.6 is 0 Å². The molecule has 0 radical (unpaired) electrons. The molecule has 0 spiro atoms. The van der Waals surface area contributed by atoms with Gasteiger partial charge in [0.15, 0.2) is 5.75 Å². The van der Waals surface area contributed by atoms with Gasteiger partial charge in [-0.2, -0.15) is 5.26 Å². The van der Waals surface area contributed by atoms with Crippen LogP contribution in [0.2, 0.25) is 0 Å². The fourth-order valence-electron chi connectivity index (χ4n) is 1.38. The topological polar surface area (TPSA) is 107 Å². The Morgan fingerprint density at radius 2 is 1.89 bits per heavy atom. The molecular weight excluding hydrogens is 268 g/mol. The molecule has 0 saturated heterocycles. The summed E-state index contributed by atoms with van der Waals surface area (Å²) in [5.74, 6) is -1.60. The molecule has 0 aromatic heterocycles. The van der Waals surface area contributed by atoms with Gasteiger partial charge < -0.3 is 5.11 Å². The van der Waals surface area contributed by atoms with Gasteiger partial charge in [0.2, 0.25) is 10.0 Å². The van der Waals surface area contributed by atoms with Gasteiger partial charge in [0, 0.05) is 5.69 Å². The van der Waals surface area contributed by atoms with Gasteiger partial charge in [-0.25, -0.2) is 8.42 Å². The lowest BCUT2D eigenvalue weighted by atomic mass is 9.85. The van der Waals surface area contributed by atoms with Gasteiger partial charge in [-0.3, -0.25) is 9.52 Å². The standard InChI is InChI=1S/C12H14N2O4S/c1-12(2,11(15)16)9-3-5-10(6-4-9)14-19(17,18)8-7-13/h3-6,14H,8H2,1-2H3,(H,15,16). The van der Waals surface area contributed by atoms with E-state index in [4.69, 9.17) is 10.4 Å². The van der Waals surface area contributed by atoms with Crippen molar-refractivity contribution in [3.63, 3.8) is 0 Å². The van der Waals surface area contributed by atoms with Crippen molar-refractivity contribution in [1.82, 2.24) is 0 Å². The van der Waals surface area contributed by atoms with E-state index in [-0.39, 0.29) is 0 Å². The molecule has 0 atom stereocenters. The largest absolute Gasteiger partial charge is 0.481 e. The van der Waals surface area contributed by atoms with E-state index < -0.39 is 27.2 Å². The van der Waals surface area contributed by atoms with Crippen LogP contribution in [0.3, 0.4) is 0 Å². The first-order chi connectivity index (χ1) is 8.69. The third-order valence-electron chi connectivity index (χ3n) is 2.67. The minimum atomic E-state index is -3.68. The Kier molecular flexibility index (Phi) is 4.17. The third-order valence-corrected chi connectivity index (χ3v) is 3.73. The monoisotopic (exact) mass is 282 g/mol. The van der Waals surface area contributed by atoms with Crippen molar-refractivity contribution in [1.29, 1.82) is 5.26 Å². The van der Waals surface area contributed by atoms with Crippen LogP contribution < -0.4 is 4.72 Å². The molecule has 2 N–H and O–H groups in total. The maximum absolute atomic E-state index is 11.4. The van der Waals surface area contributed by atoms with Crippen molar-refractivity contribution >= 4 is 21.7 Å².